The number of carbonyl (C=O) groups is 1. The van der Waals surface area contributed by atoms with E-state index < -0.39 is 17.8 Å². The molecule has 0 radical (unpaired) electrons. The van der Waals surface area contributed by atoms with Gasteiger partial charge in [-0.3, -0.25) is 10.5 Å². The van der Waals surface area contributed by atoms with Crippen LogP contribution in [0.1, 0.15) is 33.0 Å². The highest BCUT2D eigenvalue weighted by molar-refractivity contribution is 5.91. The quantitative estimate of drug-likeness (QED) is 0.327. The third-order valence-electron chi connectivity index (χ3n) is 5.84. The van der Waals surface area contributed by atoms with Gasteiger partial charge in [-0.15, -0.1) is 5.10 Å². The van der Waals surface area contributed by atoms with Crippen LogP contribution >= 0.6 is 0 Å². The molecule has 4 aromatic rings. The van der Waals surface area contributed by atoms with Gasteiger partial charge < -0.3 is 9.47 Å². The van der Waals surface area contributed by atoms with E-state index in [0.717, 1.165) is 27.9 Å². The van der Waals surface area contributed by atoms with Crippen LogP contribution in [0.4, 0.5) is 0 Å². The van der Waals surface area contributed by atoms with Gasteiger partial charge in [0.15, 0.2) is 0 Å². The number of nitrogens with zero attached hydrogens (tertiary/aromatic N) is 2. The Balaban J connectivity index is 1.51. The molecule has 0 aliphatic carbocycles. The highest BCUT2D eigenvalue weighted by Gasteiger charge is 2.40. The maximum absolute atomic E-state index is 12.4. The topological polar surface area (TPSA) is 112 Å². The van der Waals surface area contributed by atoms with E-state index in [-0.39, 0.29) is 11.8 Å². The molecular weight excluding hydrogens is 428 g/mol. The molecule has 7 heteroatoms. The summed E-state index contributed by atoms with van der Waals surface area (Å²) in [6.07, 6.45) is 0. The van der Waals surface area contributed by atoms with Crippen molar-refractivity contribution in [1.29, 1.82) is 10.7 Å². The number of ether oxygens (including phenoxy) is 2. The summed E-state index contributed by atoms with van der Waals surface area (Å²) in [4.78, 5) is 12.4. The number of nitrogens with one attached hydrogen (secondary N) is 2. The van der Waals surface area contributed by atoms with Crippen molar-refractivity contribution < 1.29 is 14.3 Å². The molecule has 7 nitrogen and oxygen atoms in total. The second-order valence-corrected chi connectivity index (χ2v) is 8.06. The maximum Gasteiger partial charge on any atom is 0.343 e. The van der Waals surface area contributed by atoms with Crippen LogP contribution < -0.4 is 9.47 Å². The largest absolute Gasteiger partial charge is 0.423 e. The number of aromatic amines is 1. The van der Waals surface area contributed by atoms with E-state index in [2.05, 4.69) is 16.3 Å². The molecule has 3 aromatic carbocycles. The van der Waals surface area contributed by atoms with Crippen LogP contribution in [0.2, 0.25) is 0 Å². The molecule has 0 saturated heterocycles. The van der Waals surface area contributed by atoms with Crippen LogP contribution in [0.5, 0.6) is 11.6 Å². The maximum atomic E-state index is 12.4. The average Bonchev–Trinajstić information content (AvgIpc) is 3.28. The molecule has 5 rings (SSSR count). The Hall–Kier alpha value is -4.70. The molecule has 2 unspecified atom stereocenters. The van der Waals surface area contributed by atoms with Gasteiger partial charge in [0, 0.05) is 5.92 Å². The highest BCUT2D eigenvalue weighted by Crippen LogP contribution is 2.45. The van der Waals surface area contributed by atoms with Crippen molar-refractivity contribution in [2.24, 2.45) is 5.92 Å². The number of aryl methyl sites for hydroxylation is 1. The van der Waals surface area contributed by atoms with Gasteiger partial charge in [-0.05, 0) is 42.3 Å². The van der Waals surface area contributed by atoms with Crippen LogP contribution in [0, 0.1) is 29.6 Å². The lowest BCUT2D eigenvalue weighted by molar-refractivity contribution is 0.0734. The zero-order chi connectivity index (χ0) is 23.7. The number of carbonyl (C=O) groups excluding carboxylic acids is 1. The third-order valence-corrected chi connectivity index (χ3v) is 5.84. The molecule has 0 bridgehead atoms. The van der Waals surface area contributed by atoms with E-state index in [1.165, 1.54) is 0 Å². The van der Waals surface area contributed by atoms with Gasteiger partial charge >= 0.3 is 5.97 Å². The summed E-state index contributed by atoms with van der Waals surface area (Å²) in [5.74, 6) is -1.23. The van der Waals surface area contributed by atoms with E-state index in [4.69, 9.17) is 14.9 Å². The Morgan fingerprint density at radius 1 is 1.06 bits per heavy atom. The molecule has 2 heterocycles. The summed E-state index contributed by atoms with van der Waals surface area (Å²) >= 11 is 0. The number of fused-ring (bicyclic) bond motifs is 1. The van der Waals surface area contributed by atoms with E-state index in [0.29, 0.717) is 11.3 Å². The normalized spacial score (nSPS) is 16.8. The lowest BCUT2D eigenvalue weighted by atomic mass is 9.79. The number of aromatic nitrogens is 2. The predicted molar refractivity (Wildman–Crippen MR) is 126 cm³/mol. The lowest BCUT2D eigenvalue weighted by Gasteiger charge is -2.28. The van der Waals surface area contributed by atoms with Crippen molar-refractivity contribution in [3.63, 3.8) is 0 Å². The van der Waals surface area contributed by atoms with Gasteiger partial charge in [-0.2, -0.15) is 5.26 Å². The fraction of sp³-hybridized carbons (Fsp3) is 0.111. The highest BCUT2D eigenvalue weighted by atomic mass is 16.5. The minimum atomic E-state index is -0.827. The number of esters is 1. The third kappa shape index (κ3) is 3.82. The predicted octanol–water partition coefficient (Wildman–Crippen LogP) is 5.25. The van der Waals surface area contributed by atoms with Crippen LogP contribution in [-0.4, -0.2) is 22.1 Å². The number of hydrogen-bond donors (Lipinski definition) is 2. The van der Waals surface area contributed by atoms with E-state index in [1.54, 1.807) is 48.5 Å². The average molecular weight is 448 g/mol. The summed E-state index contributed by atoms with van der Waals surface area (Å²) in [6.45, 7) is 2.01. The van der Waals surface area contributed by atoms with Gasteiger partial charge in [0.2, 0.25) is 11.8 Å². The number of benzene rings is 3. The van der Waals surface area contributed by atoms with Gasteiger partial charge in [-0.1, -0.05) is 60.2 Å². The molecule has 2 N–H and O–H groups in total. The molecule has 0 amide bonds. The van der Waals surface area contributed by atoms with Crippen molar-refractivity contribution in [2.45, 2.75) is 12.8 Å². The first-order valence-corrected chi connectivity index (χ1v) is 10.7. The zero-order valence-corrected chi connectivity index (χ0v) is 18.3. The number of H-pyrrole nitrogens is 1. The van der Waals surface area contributed by atoms with Crippen molar-refractivity contribution in [2.75, 3.05) is 0 Å². The Kier molecular flexibility index (Phi) is 5.40. The fourth-order valence-corrected chi connectivity index (χ4v) is 4.10. The van der Waals surface area contributed by atoms with Crippen molar-refractivity contribution in [3.8, 4) is 29.0 Å². The number of hydrogen-bond acceptors (Lipinski definition) is 6. The lowest BCUT2D eigenvalue weighted by Crippen LogP contribution is -2.30. The summed E-state index contributed by atoms with van der Waals surface area (Å²) in [5, 5.41) is 25.4. The second-order valence-electron chi connectivity index (χ2n) is 8.06. The van der Waals surface area contributed by atoms with Gasteiger partial charge in [0.25, 0.3) is 0 Å². The first kappa shape index (κ1) is 21.2. The number of rotatable bonds is 4. The zero-order valence-electron chi connectivity index (χ0n) is 18.3. The molecule has 1 aliphatic rings. The molecule has 1 aromatic heterocycles. The second kappa shape index (κ2) is 8.68. The Labute approximate surface area is 196 Å². The summed E-state index contributed by atoms with van der Waals surface area (Å²) < 4.78 is 11.1. The molecule has 166 valence electrons. The van der Waals surface area contributed by atoms with Gasteiger partial charge in [0.1, 0.15) is 11.7 Å². The molecule has 0 fully saturated rings. The first-order valence-electron chi connectivity index (χ1n) is 10.7. The molecule has 1 aliphatic heterocycles. The van der Waals surface area contributed by atoms with E-state index in [9.17, 15) is 10.1 Å². The Morgan fingerprint density at radius 2 is 1.76 bits per heavy atom. The SMILES string of the molecule is Cc1ccc(-c2[nH]nc3c2C(c2ccc(OC(=O)c4ccccc4)cc2)C(C#N)C(=N)O3)cc1. The van der Waals surface area contributed by atoms with Crippen molar-refractivity contribution in [1.82, 2.24) is 10.2 Å². The van der Waals surface area contributed by atoms with Crippen molar-refractivity contribution >= 4 is 11.9 Å². The Morgan fingerprint density at radius 3 is 2.44 bits per heavy atom. The van der Waals surface area contributed by atoms with Crippen LogP contribution in [0.25, 0.3) is 11.3 Å². The molecule has 2 atom stereocenters. The van der Waals surface area contributed by atoms with Crippen LogP contribution in [0.15, 0.2) is 78.9 Å². The van der Waals surface area contributed by atoms with E-state index in [1.807, 2.05) is 37.3 Å². The first-order chi connectivity index (χ1) is 16.5. The molecule has 0 spiro atoms. The number of nitriles is 1. The standard InChI is InChI=1S/C27H20N4O3/c1-16-7-9-18(10-8-16)24-23-22(21(15-28)25(29)34-26(23)31-30-24)17-11-13-20(14-12-17)33-27(32)19-5-3-2-4-6-19/h2-14,21-22,29H,1H3,(H,30,31). The van der Waals surface area contributed by atoms with Gasteiger partial charge in [0.05, 0.1) is 22.9 Å². The summed E-state index contributed by atoms with van der Waals surface area (Å²) in [6, 6.07) is 25.9. The minimum absolute atomic E-state index is 0.151. The summed E-state index contributed by atoms with van der Waals surface area (Å²) in [5.41, 5.74) is 4.75. The summed E-state index contributed by atoms with van der Waals surface area (Å²) in [7, 11) is 0. The van der Waals surface area contributed by atoms with Crippen LogP contribution in [0.3, 0.4) is 0 Å². The molecule has 34 heavy (non-hydrogen) atoms. The van der Waals surface area contributed by atoms with E-state index >= 15 is 0 Å². The Bertz CT molecular complexity index is 1400. The van der Waals surface area contributed by atoms with Gasteiger partial charge in [-0.25, -0.2) is 4.79 Å². The molecule has 0 saturated carbocycles. The van der Waals surface area contributed by atoms with Crippen LogP contribution in [-0.2, 0) is 0 Å². The monoisotopic (exact) mass is 448 g/mol. The molecular formula is C27H20N4O3. The van der Waals surface area contributed by atoms with Crippen molar-refractivity contribution in [3.05, 3.63) is 101 Å². The smallest absolute Gasteiger partial charge is 0.343 e. The fourth-order valence-electron chi connectivity index (χ4n) is 4.10. The minimum Gasteiger partial charge on any atom is -0.423 e.